The van der Waals surface area contributed by atoms with E-state index < -0.39 is 0 Å². The quantitative estimate of drug-likeness (QED) is 0.742. The number of nitrogens with zero attached hydrogens (tertiary/aromatic N) is 2. The summed E-state index contributed by atoms with van der Waals surface area (Å²) in [5, 5.41) is 0. The molecule has 0 saturated carbocycles. The van der Waals surface area contributed by atoms with Crippen molar-refractivity contribution in [2.75, 3.05) is 51.2 Å². The molecule has 0 bridgehead atoms. The molecule has 0 radical (unpaired) electrons. The van der Waals surface area contributed by atoms with Gasteiger partial charge in [-0.05, 0) is 6.07 Å². The van der Waals surface area contributed by atoms with Crippen LogP contribution in [0, 0.1) is 0 Å². The smallest absolute Gasteiger partial charge is 0.0738 e. The predicted octanol–water partition coefficient (Wildman–Crippen LogP) is 0.763. The van der Waals surface area contributed by atoms with Crippen LogP contribution in [-0.2, 0) is 9.47 Å². The Hall–Kier alpha value is -1.33. The summed E-state index contributed by atoms with van der Waals surface area (Å²) in [5.41, 5.74) is 7.53. The van der Waals surface area contributed by atoms with Gasteiger partial charge in [-0.2, -0.15) is 0 Å². The maximum Gasteiger partial charge on any atom is 0.0738 e. The summed E-state index contributed by atoms with van der Waals surface area (Å²) >= 11 is 0. The van der Waals surface area contributed by atoms with Gasteiger partial charge < -0.3 is 20.1 Å². The third-order valence-corrected chi connectivity index (χ3v) is 2.30. The van der Waals surface area contributed by atoms with Crippen molar-refractivity contribution < 1.29 is 9.47 Å². The molecule has 1 heterocycles. The average molecular weight is 225 g/mol. The Labute approximate surface area is 96.2 Å². The Morgan fingerprint density at radius 3 is 2.38 bits per heavy atom. The van der Waals surface area contributed by atoms with Gasteiger partial charge in [0, 0.05) is 33.5 Å². The van der Waals surface area contributed by atoms with Crippen LogP contribution < -0.4 is 10.6 Å². The Morgan fingerprint density at radius 2 is 1.88 bits per heavy atom. The first-order chi connectivity index (χ1) is 7.79. The SMILES string of the molecule is COCCN(CCOC)c1ccncc1N. The van der Waals surface area contributed by atoms with Crippen molar-refractivity contribution in [2.45, 2.75) is 0 Å². The van der Waals surface area contributed by atoms with Crippen molar-refractivity contribution in [1.82, 2.24) is 4.98 Å². The van der Waals surface area contributed by atoms with E-state index in [1.165, 1.54) is 0 Å². The second kappa shape index (κ2) is 7.03. The highest BCUT2D eigenvalue weighted by Gasteiger charge is 2.08. The second-order valence-corrected chi connectivity index (χ2v) is 3.41. The minimum atomic E-state index is 0.658. The monoisotopic (exact) mass is 225 g/mol. The summed E-state index contributed by atoms with van der Waals surface area (Å²) in [5.74, 6) is 0. The van der Waals surface area contributed by atoms with Gasteiger partial charge in [-0.15, -0.1) is 0 Å². The van der Waals surface area contributed by atoms with Crippen LogP contribution in [0.4, 0.5) is 11.4 Å². The summed E-state index contributed by atoms with van der Waals surface area (Å²) in [6.07, 6.45) is 3.39. The fourth-order valence-corrected chi connectivity index (χ4v) is 1.44. The number of ether oxygens (including phenoxy) is 2. The molecule has 0 aliphatic rings. The van der Waals surface area contributed by atoms with Gasteiger partial charge >= 0.3 is 0 Å². The minimum Gasteiger partial charge on any atom is -0.396 e. The van der Waals surface area contributed by atoms with Crippen molar-refractivity contribution in [2.24, 2.45) is 0 Å². The van der Waals surface area contributed by atoms with Crippen molar-refractivity contribution in [3.05, 3.63) is 18.5 Å². The lowest BCUT2D eigenvalue weighted by Crippen LogP contribution is -2.31. The number of rotatable bonds is 7. The highest BCUT2D eigenvalue weighted by atomic mass is 16.5. The van der Waals surface area contributed by atoms with Gasteiger partial charge in [-0.25, -0.2) is 0 Å². The Bertz CT molecular complexity index is 299. The Morgan fingerprint density at radius 1 is 1.25 bits per heavy atom. The lowest BCUT2D eigenvalue weighted by atomic mass is 10.3. The number of anilines is 2. The Kier molecular flexibility index (Phi) is 5.60. The van der Waals surface area contributed by atoms with Crippen LogP contribution in [0.25, 0.3) is 0 Å². The zero-order valence-electron chi connectivity index (χ0n) is 9.85. The number of hydrogen-bond donors (Lipinski definition) is 1. The molecule has 16 heavy (non-hydrogen) atoms. The van der Waals surface area contributed by atoms with Crippen molar-refractivity contribution in [1.29, 1.82) is 0 Å². The third-order valence-electron chi connectivity index (χ3n) is 2.30. The van der Waals surface area contributed by atoms with Gasteiger partial charge in [0.2, 0.25) is 0 Å². The third kappa shape index (κ3) is 3.67. The molecule has 0 fully saturated rings. The van der Waals surface area contributed by atoms with Crippen LogP contribution in [0.2, 0.25) is 0 Å². The van der Waals surface area contributed by atoms with Gasteiger partial charge in [0.1, 0.15) is 0 Å². The van der Waals surface area contributed by atoms with Crippen molar-refractivity contribution in [3.63, 3.8) is 0 Å². The van der Waals surface area contributed by atoms with E-state index in [9.17, 15) is 0 Å². The highest BCUT2D eigenvalue weighted by Crippen LogP contribution is 2.20. The van der Waals surface area contributed by atoms with Crippen molar-refractivity contribution in [3.8, 4) is 0 Å². The van der Waals surface area contributed by atoms with E-state index in [0.717, 1.165) is 18.8 Å². The lowest BCUT2D eigenvalue weighted by Gasteiger charge is -2.25. The largest absolute Gasteiger partial charge is 0.396 e. The predicted molar refractivity (Wildman–Crippen MR) is 64.6 cm³/mol. The van der Waals surface area contributed by atoms with E-state index in [2.05, 4.69) is 9.88 Å². The fourth-order valence-electron chi connectivity index (χ4n) is 1.44. The first-order valence-electron chi connectivity index (χ1n) is 5.22. The summed E-state index contributed by atoms with van der Waals surface area (Å²) in [7, 11) is 3.37. The van der Waals surface area contributed by atoms with Crippen LogP contribution in [0.1, 0.15) is 0 Å². The van der Waals surface area contributed by atoms with Crippen LogP contribution in [0.3, 0.4) is 0 Å². The number of nitrogens with two attached hydrogens (primary N) is 1. The maximum absolute atomic E-state index is 5.88. The van der Waals surface area contributed by atoms with Crippen LogP contribution >= 0.6 is 0 Å². The first kappa shape index (κ1) is 12.7. The van der Waals surface area contributed by atoms with E-state index in [-0.39, 0.29) is 0 Å². The van der Waals surface area contributed by atoms with E-state index in [1.54, 1.807) is 26.6 Å². The van der Waals surface area contributed by atoms with E-state index in [1.807, 2.05) is 6.07 Å². The molecule has 5 nitrogen and oxygen atoms in total. The molecular formula is C11H19N3O2. The van der Waals surface area contributed by atoms with Gasteiger partial charge in [0.05, 0.1) is 30.8 Å². The number of nitrogen functional groups attached to an aromatic ring is 1. The van der Waals surface area contributed by atoms with Gasteiger partial charge in [0.25, 0.3) is 0 Å². The molecule has 90 valence electrons. The Balaban J connectivity index is 2.70. The molecular weight excluding hydrogens is 206 g/mol. The summed E-state index contributed by atoms with van der Waals surface area (Å²) in [6.45, 7) is 2.89. The molecule has 0 aliphatic carbocycles. The van der Waals surface area contributed by atoms with Crippen LogP contribution in [0.5, 0.6) is 0 Å². The summed E-state index contributed by atoms with van der Waals surface area (Å²) in [6, 6.07) is 1.90. The van der Waals surface area contributed by atoms with Gasteiger partial charge in [-0.3, -0.25) is 4.98 Å². The lowest BCUT2D eigenvalue weighted by molar-refractivity contribution is 0.190. The topological polar surface area (TPSA) is 60.6 Å². The molecule has 0 unspecified atom stereocenters. The zero-order valence-corrected chi connectivity index (χ0v) is 9.85. The summed E-state index contributed by atoms with van der Waals surface area (Å²) < 4.78 is 10.1. The molecule has 1 aromatic rings. The van der Waals surface area contributed by atoms with Crippen molar-refractivity contribution >= 4 is 11.4 Å². The molecule has 1 aromatic heterocycles. The number of aromatic nitrogens is 1. The molecule has 0 aromatic carbocycles. The molecule has 0 atom stereocenters. The normalized spacial score (nSPS) is 10.4. The minimum absolute atomic E-state index is 0.658. The zero-order chi connectivity index (χ0) is 11.8. The van der Waals surface area contributed by atoms with Gasteiger partial charge in [0.15, 0.2) is 0 Å². The second-order valence-electron chi connectivity index (χ2n) is 3.41. The molecule has 0 saturated heterocycles. The average Bonchev–Trinajstić information content (AvgIpc) is 2.31. The van der Waals surface area contributed by atoms with Crippen LogP contribution in [0.15, 0.2) is 18.5 Å². The standard InChI is InChI=1S/C11H19N3O2/c1-15-7-5-14(6-8-16-2)11-3-4-13-9-10(11)12/h3-4,9H,5-8,12H2,1-2H3. The molecule has 0 spiro atoms. The number of methoxy groups -OCH3 is 2. The first-order valence-corrected chi connectivity index (χ1v) is 5.22. The van der Waals surface area contributed by atoms with E-state index >= 15 is 0 Å². The molecule has 0 amide bonds. The molecule has 0 aliphatic heterocycles. The maximum atomic E-state index is 5.88. The number of hydrogen-bond acceptors (Lipinski definition) is 5. The molecule has 1 rings (SSSR count). The fraction of sp³-hybridized carbons (Fsp3) is 0.545. The van der Waals surface area contributed by atoms with Crippen LogP contribution in [-0.4, -0.2) is 45.5 Å². The highest BCUT2D eigenvalue weighted by molar-refractivity contribution is 5.65. The van der Waals surface area contributed by atoms with E-state index in [0.29, 0.717) is 18.9 Å². The van der Waals surface area contributed by atoms with Gasteiger partial charge in [-0.1, -0.05) is 0 Å². The van der Waals surface area contributed by atoms with E-state index in [4.69, 9.17) is 15.2 Å². The molecule has 2 N–H and O–H groups in total. The summed E-state index contributed by atoms with van der Waals surface area (Å²) in [4.78, 5) is 6.10. The molecule has 5 heteroatoms. The number of pyridine rings is 1.